The summed E-state index contributed by atoms with van der Waals surface area (Å²) in [5, 5.41) is 0. The minimum Gasteiger partial charge on any atom is -0.489 e. The molecule has 0 radical (unpaired) electrons. The van der Waals surface area contributed by atoms with Crippen molar-refractivity contribution in [3.05, 3.63) is 59.9 Å². The van der Waals surface area contributed by atoms with Crippen LogP contribution in [-0.4, -0.2) is 6.04 Å². The summed E-state index contributed by atoms with van der Waals surface area (Å²) in [4.78, 5) is 0. The van der Waals surface area contributed by atoms with Crippen LogP contribution in [0.5, 0.6) is 0 Å². The zero-order valence-electron chi connectivity index (χ0n) is 8.60. The summed E-state index contributed by atoms with van der Waals surface area (Å²) in [5.74, 6) is 0.917. The lowest BCUT2D eigenvalue weighted by atomic mass is 10.1. The molecule has 0 bridgehead atoms. The number of hydrogen-bond acceptors (Lipinski definition) is 2. The number of benzene rings is 1. The lowest BCUT2D eigenvalue weighted by Crippen LogP contribution is -2.17. The molecule has 1 aliphatic rings. The predicted molar refractivity (Wildman–Crippen MR) is 61.0 cm³/mol. The molecular formula is C13H15NO. The predicted octanol–water partition coefficient (Wildman–Crippen LogP) is 2.37. The van der Waals surface area contributed by atoms with Crippen LogP contribution in [0.3, 0.4) is 0 Å². The first-order valence-corrected chi connectivity index (χ1v) is 5.15. The van der Waals surface area contributed by atoms with E-state index in [0.29, 0.717) is 6.61 Å². The normalized spacial score (nSPS) is 19.8. The second-order valence-corrected chi connectivity index (χ2v) is 3.64. The summed E-state index contributed by atoms with van der Waals surface area (Å²) in [5.41, 5.74) is 6.90. The fraction of sp³-hybridized carbons (Fsp3) is 0.231. The molecule has 0 aromatic heterocycles. The van der Waals surface area contributed by atoms with Gasteiger partial charge in [0.1, 0.15) is 12.4 Å². The van der Waals surface area contributed by atoms with Crippen molar-refractivity contribution in [2.24, 2.45) is 5.73 Å². The van der Waals surface area contributed by atoms with Gasteiger partial charge in [-0.15, -0.1) is 0 Å². The highest BCUT2D eigenvalue weighted by atomic mass is 16.5. The molecule has 0 fully saturated rings. The van der Waals surface area contributed by atoms with Crippen molar-refractivity contribution in [1.29, 1.82) is 0 Å². The Morgan fingerprint density at radius 2 is 2.07 bits per heavy atom. The third kappa shape index (κ3) is 2.96. The zero-order valence-corrected chi connectivity index (χ0v) is 8.60. The van der Waals surface area contributed by atoms with Crippen LogP contribution in [0.15, 0.2) is 54.3 Å². The number of allylic oxidation sites excluding steroid dienone is 1. The molecule has 0 heterocycles. The van der Waals surface area contributed by atoms with Crippen LogP contribution >= 0.6 is 0 Å². The molecule has 0 spiro atoms. The first-order valence-electron chi connectivity index (χ1n) is 5.15. The molecule has 15 heavy (non-hydrogen) atoms. The van der Waals surface area contributed by atoms with Crippen molar-refractivity contribution in [3.8, 4) is 0 Å². The Labute approximate surface area is 90.1 Å². The van der Waals surface area contributed by atoms with E-state index in [1.165, 1.54) is 5.56 Å². The van der Waals surface area contributed by atoms with E-state index in [4.69, 9.17) is 10.5 Å². The summed E-state index contributed by atoms with van der Waals surface area (Å²) >= 11 is 0. The molecule has 78 valence electrons. The van der Waals surface area contributed by atoms with Gasteiger partial charge in [0, 0.05) is 6.04 Å². The van der Waals surface area contributed by atoms with Crippen LogP contribution in [-0.2, 0) is 11.3 Å². The van der Waals surface area contributed by atoms with Crippen molar-refractivity contribution in [3.63, 3.8) is 0 Å². The van der Waals surface area contributed by atoms with E-state index in [1.54, 1.807) is 0 Å². The van der Waals surface area contributed by atoms with Gasteiger partial charge in [0.05, 0.1) is 0 Å². The van der Waals surface area contributed by atoms with Gasteiger partial charge >= 0.3 is 0 Å². The maximum absolute atomic E-state index is 5.72. The molecule has 0 amide bonds. The van der Waals surface area contributed by atoms with E-state index in [1.807, 2.05) is 36.4 Å². The maximum Gasteiger partial charge on any atom is 0.115 e. The first-order chi connectivity index (χ1) is 7.34. The van der Waals surface area contributed by atoms with E-state index in [9.17, 15) is 0 Å². The van der Waals surface area contributed by atoms with Gasteiger partial charge in [0.2, 0.25) is 0 Å². The van der Waals surface area contributed by atoms with Gasteiger partial charge in [-0.2, -0.15) is 0 Å². The van der Waals surface area contributed by atoms with E-state index in [2.05, 4.69) is 12.1 Å². The molecule has 1 aromatic rings. The molecule has 2 N–H and O–H groups in total. The standard InChI is InChI=1S/C13H15NO/c14-12-6-8-13(9-7-12)15-10-11-4-2-1-3-5-11/h1-6,8-9,12H,7,10,14H2. The maximum atomic E-state index is 5.72. The van der Waals surface area contributed by atoms with Crippen molar-refractivity contribution >= 4 is 0 Å². The Bertz CT molecular complexity index is 367. The van der Waals surface area contributed by atoms with E-state index >= 15 is 0 Å². The number of ether oxygens (including phenoxy) is 1. The summed E-state index contributed by atoms with van der Waals surface area (Å²) < 4.78 is 5.64. The summed E-state index contributed by atoms with van der Waals surface area (Å²) in [6.07, 6.45) is 6.81. The van der Waals surface area contributed by atoms with Crippen molar-refractivity contribution < 1.29 is 4.74 Å². The third-order valence-corrected chi connectivity index (χ3v) is 2.35. The molecule has 1 aromatic carbocycles. The molecule has 0 aliphatic heterocycles. The first kappa shape index (κ1) is 9.99. The van der Waals surface area contributed by atoms with Gasteiger partial charge in [-0.05, 0) is 24.1 Å². The van der Waals surface area contributed by atoms with Crippen molar-refractivity contribution in [2.45, 2.75) is 19.1 Å². The van der Waals surface area contributed by atoms with E-state index < -0.39 is 0 Å². The lowest BCUT2D eigenvalue weighted by Gasteiger charge is -2.13. The molecule has 0 saturated carbocycles. The van der Waals surface area contributed by atoms with Crippen LogP contribution in [0, 0.1) is 0 Å². The van der Waals surface area contributed by atoms with Gasteiger partial charge in [0.15, 0.2) is 0 Å². The fourth-order valence-corrected chi connectivity index (χ4v) is 1.47. The average Bonchev–Trinajstić information content (AvgIpc) is 2.30. The Morgan fingerprint density at radius 3 is 2.73 bits per heavy atom. The zero-order chi connectivity index (χ0) is 10.5. The van der Waals surface area contributed by atoms with Crippen LogP contribution in [0.2, 0.25) is 0 Å². The SMILES string of the molecule is NC1C=CC(OCc2ccccc2)=CC1. The van der Waals surface area contributed by atoms with Crippen LogP contribution < -0.4 is 5.73 Å². The topological polar surface area (TPSA) is 35.2 Å². The largest absolute Gasteiger partial charge is 0.489 e. The fourth-order valence-electron chi connectivity index (χ4n) is 1.47. The number of rotatable bonds is 3. The molecule has 1 aliphatic carbocycles. The minimum atomic E-state index is 0.147. The molecular weight excluding hydrogens is 186 g/mol. The van der Waals surface area contributed by atoms with Gasteiger partial charge < -0.3 is 10.5 Å². The Hall–Kier alpha value is -1.54. The molecule has 0 saturated heterocycles. The Kier molecular flexibility index (Phi) is 3.20. The van der Waals surface area contributed by atoms with Gasteiger partial charge in [-0.25, -0.2) is 0 Å². The van der Waals surface area contributed by atoms with Crippen LogP contribution in [0.1, 0.15) is 12.0 Å². The average molecular weight is 201 g/mol. The third-order valence-electron chi connectivity index (χ3n) is 2.35. The van der Waals surface area contributed by atoms with Gasteiger partial charge in [0.25, 0.3) is 0 Å². The monoisotopic (exact) mass is 201 g/mol. The Balaban J connectivity index is 1.87. The van der Waals surface area contributed by atoms with Crippen LogP contribution in [0.25, 0.3) is 0 Å². The number of nitrogens with two attached hydrogens (primary N) is 1. The number of hydrogen-bond donors (Lipinski definition) is 1. The highest BCUT2D eigenvalue weighted by Gasteiger charge is 2.04. The van der Waals surface area contributed by atoms with Gasteiger partial charge in [-0.1, -0.05) is 36.4 Å². The van der Waals surface area contributed by atoms with Gasteiger partial charge in [-0.3, -0.25) is 0 Å². The van der Waals surface area contributed by atoms with Crippen molar-refractivity contribution in [1.82, 2.24) is 0 Å². The lowest BCUT2D eigenvalue weighted by molar-refractivity contribution is 0.208. The summed E-state index contributed by atoms with van der Waals surface area (Å²) in [6, 6.07) is 10.3. The molecule has 2 rings (SSSR count). The molecule has 1 unspecified atom stereocenters. The Morgan fingerprint density at radius 1 is 1.27 bits per heavy atom. The van der Waals surface area contributed by atoms with E-state index in [0.717, 1.165) is 12.2 Å². The molecule has 2 nitrogen and oxygen atoms in total. The van der Waals surface area contributed by atoms with E-state index in [-0.39, 0.29) is 6.04 Å². The van der Waals surface area contributed by atoms with Crippen LogP contribution in [0.4, 0.5) is 0 Å². The summed E-state index contributed by atoms with van der Waals surface area (Å²) in [7, 11) is 0. The molecule has 1 atom stereocenters. The summed E-state index contributed by atoms with van der Waals surface area (Å²) in [6.45, 7) is 0.617. The van der Waals surface area contributed by atoms with Crippen molar-refractivity contribution in [2.75, 3.05) is 0 Å². The smallest absolute Gasteiger partial charge is 0.115 e. The second kappa shape index (κ2) is 4.80. The highest BCUT2D eigenvalue weighted by molar-refractivity contribution is 5.21. The highest BCUT2D eigenvalue weighted by Crippen LogP contribution is 2.12. The minimum absolute atomic E-state index is 0.147. The quantitative estimate of drug-likeness (QED) is 0.814. The molecule has 2 heteroatoms. The second-order valence-electron chi connectivity index (χ2n) is 3.64.